The van der Waals surface area contributed by atoms with Gasteiger partial charge in [0.1, 0.15) is 4.75 Å². The summed E-state index contributed by atoms with van der Waals surface area (Å²) < 4.78 is 23.7. The lowest BCUT2D eigenvalue weighted by molar-refractivity contribution is -0.141. The van der Waals surface area contributed by atoms with Crippen LogP contribution in [0.5, 0.6) is 0 Å². The lowest BCUT2D eigenvalue weighted by Crippen LogP contribution is -2.38. The van der Waals surface area contributed by atoms with Crippen LogP contribution in [0.1, 0.15) is 19.4 Å². The summed E-state index contributed by atoms with van der Waals surface area (Å²) in [6, 6.07) is 8.18. The maximum atomic E-state index is 12.6. The minimum Gasteiger partial charge on any atom is -0.480 e. The molecule has 0 amide bonds. The first-order valence-corrected chi connectivity index (χ1v) is 6.04. The maximum absolute atomic E-state index is 12.6. The van der Waals surface area contributed by atoms with Crippen LogP contribution in [0.15, 0.2) is 30.3 Å². The van der Waals surface area contributed by atoms with Gasteiger partial charge in [-0.2, -0.15) is 8.78 Å². The van der Waals surface area contributed by atoms with Crippen LogP contribution in [0, 0.1) is 5.92 Å². The Morgan fingerprint density at radius 2 is 1.82 bits per heavy atom. The number of carboxylic acid groups (broad SMARTS) is 1. The van der Waals surface area contributed by atoms with Crippen molar-refractivity contribution >= 4 is 17.7 Å². The van der Waals surface area contributed by atoms with Crippen molar-refractivity contribution in [1.82, 2.24) is 0 Å². The van der Waals surface area contributed by atoms with E-state index >= 15 is 0 Å². The van der Waals surface area contributed by atoms with E-state index in [1.165, 1.54) is 0 Å². The second kappa shape index (κ2) is 5.49. The zero-order chi connectivity index (χ0) is 13.1. The number of carboxylic acids is 1. The molecule has 1 atom stereocenters. The third kappa shape index (κ3) is 2.77. The van der Waals surface area contributed by atoms with Crippen LogP contribution in [0.2, 0.25) is 0 Å². The van der Waals surface area contributed by atoms with Gasteiger partial charge in [-0.3, -0.25) is 4.79 Å². The second-order valence-corrected chi connectivity index (χ2v) is 5.18. The summed E-state index contributed by atoms with van der Waals surface area (Å²) in [5, 5.41) is 9.34. The van der Waals surface area contributed by atoms with Crippen molar-refractivity contribution in [2.75, 3.05) is 0 Å². The number of rotatable bonds is 5. The van der Waals surface area contributed by atoms with Gasteiger partial charge in [-0.1, -0.05) is 55.9 Å². The summed E-state index contributed by atoms with van der Waals surface area (Å²) in [6.07, 6.45) is 0. The second-order valence-electron chi connectivity index (χ2n) is 3.94. The van der Waals surface area contributed by atoms with Crippen LogP contribution < -0.4 is 0 Å². The lowest BCUT2D eigenvalue weighted by Gasteiger charge is -2.32. The molecule has 0 heterocycles. The third-order valence-electron chi connectivity index (χ3n) is 2.61. The number of thioether (sulfide) groups is 1. The average Bonchev–Trinajstić information content (AvgIpc) is 2.25. The fraction of sp³-hybridized carbons (Fsp3) is 0.417. The van der Waals surface area contributed by atoms with Gasteiger partial charge in [0, 0.05) is 0 Å². The Labute approximate surface area is 103 Å². The summed E-state index contributed by atoms with van der Waals surface area (Å²) >= 11 is 0.183. The molecular formula is C12H14F2O2S. The van der Waals surface area contributed by atoms with Gasteiger partial charge >= 0.3 is 5.97 Å². The number of benzene rings is 1. The highest BCUT2D eigenvalue weighted by Crippen LogP contribution is 2.46. The Bertz CT molecular complexity index is 381. The number of halogens is 2. The van der Waals surface area contributed by atoms with Crippen LogP contribution in [-0.4, -0.2) is 16.8 Å². The molecule has 0 saturated heterocycles. The normalized spacial score (nSPS) is 14.9. The van der Waals surface area contributed by atoms with E-state index in [-0.39, 0.29) is 11.8 Å². The summed E-state index contributed by atoms with van der Waals surface area (Å²) in [5.74, 6) is -4.40. The Morgan fingerprint density at radius 3 is 2.18 bits per heavy atom. The van der Waals surface area contributed by atoms with Crippen molar-refractivity contribution in [2.24, 2.45) is 5.92 Å². The van der Waals surface area contributed by atoms with E-state index in [4.69, 9.17) is 0 Å². The van der Waals surface area contributed by atoms with Crippen molar-refractivity contribution < 1.29 is 18.7 Å². The van der Waals surface area contributed by atoms with Crippen molar-refractivity contribution in [2.45, 2.75) is 24.4 Å². The van der Waals surface area contributed by atoms with E-state index in [1.807, 2.05) is 0 Å². The summed E-state index contributed by atoms with van der Waals surface area (Å²) in [7, 11) is 0. The molecule has 0 aromatic heterocycles. The highest BCUT2D eigenvalue weighted by atomic mass is 32.2. The number of hydrogen-bond donors (Lipinski definition) is 1. The zero-order valence-electron chi connectivity index (χ0n) is 9.56. The number of hydrogen-bond acceptors (Lipinski definition) is 2. The van der Waals surface area contributed by atoms with Gasteiger partial charge in [-0.25, -0.2) is 0 Å². The molecule has 5 heteroatoms. The molecule has 1 unspecified atom stereocenters. The number of alkyl halides is 2. The Balaban J connectivity index is 3.30. The van der Waals surface area contributed by atoms with Gasteiger partial charge < -0.3 is 5.11 Å². The molecule has 0 saturated carbocycles. The van der Waals surface area contributed by atoms with Crippen LogP contribution in [0.3, 0.4) is 0 Å². The van der Waals surface area contributed by atoms with Gasteiger partial charge in [-0.05, 0) is 11.5 Å². The SMILES string of the molecule is CC(C)C(SC(F)F)(C(=O)O)c1ccccc1. The molecule has 1 N–H and O–H groups in total. The molecule has 1 aromatic carbocycles. The molecule has 17 heavy (non-hydrogen) atoms. The molecule has 1 aromatic rings. The number of carbonyl (C=O) groups is 1. The first-order valence-electron chi connectivity index (χ1n) is 5.16. The zero-order valence-corrected chi connectivity index (χ0v) is 10.4. The summed E-state index contributed by atoms with van der Waals surface area (Å²) in [6.45, 7) is 3.27. The van der Waals surface area contributed by atoms with Gasteiger partial charge in [0.15, 0.2) is 0 Å². The topological polar surface area (TPSA) is 37.3 Å². The molecule has 0 radical (unpaired) electrons. The van der Waals surface area contributed by atoms with Crippen molar-refractivity contribution in [3.05, 3.63) is 35.9 Å². The average molecular weight is 260 g/mol. The molecule has 0 bridgehead atoms. The predicted molar refractivity (Wildman–Crippen MR) is 64.2 cm³/mol. The monoisotopic (exact) mass is 260 g/mol. The smallest absolute Gasteiger partial charge is 0.324 e. The Hall–Kier alpha value is -1.10. The Morgan fingerprint density at radius 1 is 1.29 bits per heavy atom. The predicted octanol–water partition coefficient (Wildman–Crippen LogP) is 3.58. The van der Waals surface area contributed by atoms with Crippen molar-refractivity contribution in [3.8, 4) is 0 Å². The van der Waals surface area contributed by atoms with Crippen molar-refractivity contribution in [1.29, 1.82) is 0 Å². The van der Waals surface area contributed by atoms with Crippen LogP contribution in [0.4, 0.5) is 8.78 Å². The maximum Gasteiger partial charge on any atom is 0.324 e. The highest BCUT2D eigenvalue weighted by Gasteiger charge is 2.46. The molecule has 0 aliphatic rings. The Kier molecular flexibility index (Phi) is 4.51. The van der Waals surface area contributed by atoms with Crippen molar-refractivity contribution in [3.63, 3.8) is 0 Å². The minimum atomic E-state index is -2.73. The first kappa shape index (κ1) is 14.0. The van der Waals surface area contributed by atoms with E-state index in [0.29, 0.717) is 5.56 Å². The molecule has 94 valence electrons. The van der Waals surface area contributed by atoms with Gasteiger partial charge in [-0.15, -0.1) is 0 Å². The molecule has 0 aliphatic heterocycles. The molecule has 2 nitrogen and oxygen atoms in total. The van der Waals surface area contributed by atoms with Gasteiger partial charge in [0.25, 0.3) is 5.76 Å². The fourth-order valence-corrected chi connectivity index (χ4v) is 2.71. The fourth-order valence-electron chi connectivity index (χ4n) is 1.78. The molecule has 0 spiro atoms. The first-order chi connectivity index (χ1) is 7.91. The van der Waals surface area contributed by atoms with E-state index < -0.39 is 22.4 Å². The molecular weight excluding hydrogens is 246 g/mol. The quantitative estimate of drug-likeness (QED) is 0.879. The minimum absolute atomic E-state index is 0.183. The summed E-state index contributed by atoms with van der Waals surface area (Å²) in [4.78, 5) is 11.4. The van der Waals surface area contributed by atoms with E-state index in [9.17, 15) is 18.7 Å². The number of aliphatic carboxylic acids is 1. The van der Waals surface area contributed by atoms with E-state index in [0.717, 1.165) is 0 Å². The molecule has 0 aliphatic carbocycles. The largest absolute Gasteiger partial charge is 0.480 e. The van der Waals surface area contributed by atoms with Crippen LogP contribution in [0.25, 0.3) is 0 Å². The molecule has 0 fully saturated rings. The lowest BCUT2D eigenvalue weighted by atomic mass is 9.87. The van der Waals surface area contributed by atoms with Gasteiger partial charge in [0.2, 0.25) is 0 Å². The molecule has 1 rings (SSSR count). The van der Waals surface area contributed by atoms with E-state index in [1.54, 1.807) is 44.2 Å². The standard InChI is InChI=1S/C12H14F2O2S/c1-8(2)12(10(15)16,17-11(13)14)9-6-4-3-5-7-9/h3-8,11H,1-2H3,(H,15,16). The van der Waals surface area contributed by atoms with Gasteiger partial charge in [0.05, 0.1) is 0 Å². The summed E-state index contributed by atoms with van der Waals surface area (Å²) in [5.41, 5.74) is 0.396. The third-order valence-corrected chi connectivity index (χ3v) is 4.04. The van der Waals surface area contributed by atoms with Crippen LogP contribution in [-0.2, 0) is 9.54 Å². The van der Waals surface area contributed by atoms with E-state index in [2.05, 4.69) is 0 Å². The van der Waals surface area contributed by atoms with Crippen LogP contribution >= 0.6 is 11.8 Å². The highest BCUT2D eigenvalue weighted by molar-refractivity contribution is 8.01.